The van der Waals surface area contributed by atoms with Crippen LogP contribution in [0, 0.1) is 0 Å². The summed E-state index contributed by atoms with van der Waals surface area (Å²) in [6, 6.07) is 10.9. The maximum Gasteiger partial charge on any atom is 0.227 e. The molecule has 0 bridgehead atoms. The van der Waals surface area contributed by atoms with Gasteiger partial charge in [-0.15, -0.1) is 0 Å². The number of benzene rings is 1. The van der Waals surface area contributed by atoms with Gasteiger partial charge in [-0.2, -0.15) is 0 Å². The SMILES string of the molecule is Nc1cc(-c2nc(-c3ncc[nH]3)c(-c3ccccc3Cl)o2)ccn1. The predicted molar refractivity (Wildman–Crippen MR) is 92.2 cm³/mol. The van der Waals surface area contributed by atoms with E-state index in [1.807, 2.05) is 18.2 Å². The number of halogens is 1. The zero-order valence-corrected chi connectivity index (χ0v) is 13.2. The Kier molecular flexibility index (Phi) is 3.51. The van der Waals surface area contributed by atoms with Crippen LogP contribution >= 0.6 is 11.6 Å². The van der Waals surface area contributed by atoms with E-state index in [-0.39, 0.29) is 0 Å². The van der Waals surface area contributed by atoms with Crippen LogP contribution in [0.2, 0.25) is 5.02 Å². The third-order valence-corrected chi connectivity index (χ3v) is 3.83. The minimum Gasteiger partial charge on any atom is -0.435 e. The molecule has 0 aliphatic heterocycles. The number of nitrogens with zero attached hydrogens (tertiary/aromatic N) is 3. The molecule has 7 heteroatoms. The molecule has 0 atom stereocenters. The first-order valence-electron chi connectivity index (χ1n) is 7.20. The Labute approximate surface area is 142 Å². The second-order valence-electron chi connectivity index (χ2n) is 5.08. The normalized spacial score (nSPS) is 10.9. The Morgan fingerprint density at radius 3 is 2.71 bits per heavy atom. The van der Waals surface area contributed by atoms with Crippen LogP contribution in [-0.4, -0.2) is 19.9 Å². The van der Waals surface area contributed by atoms with E-state index >= 15 is 0 Å². The molecule has 3 N–H and O–H groups in total. The maximum atomic E-state index is 6.32. The fourth-order valence-electron chi connectivity index (χ4n) is 2.41. The van der Waals surface area contributed by atoms with Gasteiger partial charge in [0.25, 0.3) is 0 Å². The summed E-state index contributed by atoms with van der Waals surface area (Å²) in [5.41, 5.74) is 7.80. The van der Waals surface area contributed by atoms with Crippen molar-refractivity contribution in [3.05, 3.63) is 60.0 Å². The van der Waals surface area contributed by atoms with Crippen molar-refractivity contribution >= 4 is 17.4 Å². The van der Waals surface area contributed by atoms with E-state index in [4.69, 9.17) is 21.8 Å². The van der Waals surface area contributed by atoms with Crippen molar-refractivity contribution in [3.63, 3.8) is 0 Å². The van der Waals surface area contributed by atoms with E-state index in [1.54, 1.807) is 36.8 Å². The van der Waals surface area contributed by atoms with Crippen LogP contribution in [0.3, 0.4) is 0 Å². The van der Waals surface area contributed by atoms with Gasteiger partial charge in [-0.3, -0.25) is 0 Å². The average molecular weight is 338 g/mol. The monoisotopic (exact) mass is 337 g/mol. The summed E-state index contributed by atoms with van der Waals surface area (Å²) < 4.78 is 6.01. The summed E-state index contributed by atoms with van der Waals surface area (Å²) >= 11 is 6.32. The quantitative estimate of drug-likeness (QED) is 0.588. The fourth-order valence-corrected chi connectivity index (χ4v) is 2.63. The van der Waals surface area contributed by atoms with E-state index in [9.17, 15) is 0 Å². The van der Waals surface area contributed by atoms with Gasteiger partial charge in [0, 0.05) is 29.7 Å². The van der Waals surface area contributed by atoms with Crippen molar-refractivity contribution in [2.24, 2.45) is 0 Å². The molecular weight excluding hydrogens is 326 g/mol. The van der Waals surface area contributed by atoms with Gasteiger partial charge in [-0.1, -0.05) is 23.7 Å². The van der Waals surface area contributed by atoms with E-state index in [0.29, 0.717) is 34.0 Å². The molecule has 118 valence electrons. The first-order chi connectivity index (χ1) is 11.7. The Hall–Kier alpha value is -3.12. The molecular formula is C17H12ClN5O. The highest BCUT2D eigenvalue weighted by Crippen LogP contribution is 2.37. The number of imidazole rings is 1. The molecule has 24 heavy (non-hydrogen) atoms. The van der Waals surface area contributed by atoms with Gasteiger partial charge in [0.05, 0.1) is 5.02 Å². The Balaban J connectivity index is 1.94. The molecule has 0 radical (unpaired) electrons. The van der Waals surface area contributed by atoms with Gasteiger partial charge >= 0.3 is 0 Å². The molecule has 0 fully saturated rings. The van der Waals surface area contributed by atoms with E-state index < -0.39 is 0 Å². The molecule has 0 saturated heterocycles. The second kappa shape index (κ2) is 5.82. The van der Waals surface area contributed by atoms with Crippen molar-refractivity contribution in [2.45, 2.75) is 0 Å². The lowest BCUT2D eigenvalue weighted by Crippen LogP contribution is -1.89. The van der Waals surface area contributed by atoms with Gasteiger partial charge in [0.15, 0.2) is 17.3 Å². The number of aromatic nitrogens is 4. The minimum absolute atomic E-state index is 0.393. The molecule has 0 aliphatic carbocycles. The van der Waals surface area contributed by atoms with Gasteiger partial charge < -0.3 is 15.1 Å². The molecule has 3 heterocycles. The van der Waals surface area contributed by atoms with Crippen molar-refractivity contribution < 1.29 is 4.42 Å². The molecule has 1 aromatic carbocycles. The molecule has 0 unspecified atom stereocenters. The molecule has 0 aliphatic rings. The van der Waals surface area contributed by atoms with Crippen LogP contribution in [0.15, 0.2) is 59.4 Å². The highest BCUT2D eigenvalue weighted by Gasteiger charge is 2.21. The first kappa shape index (κ1) is 14.5. The fraction of sp³-hybridized carbons (Fsp3) is 0. The molecule has 0 spiro atoms. The molecule has 0 amide bonds. The first-order valence-corrected chi connectivity index (χ1v) is 7.57. The Morgan fingerprint density at radius 2 is 1.96 bits per heavy atom. The smallest absolute Gasteiger partial charge is 0.227 e. The number of hydrogen-bond acceptors (Lipinski definition) is 5. The van der Waals surface area contributed by atoms with Crippen LogP contribution in [0.5, 0.6) is 0 Å². The third kappa shape index (κ3) is 2.53. The third-order valence-electron chi connectivity index (χ3n) is 3.50. The standard InChI is InChI=1S/C17H12ClN5O/c18-12-4-2-1-3-11(12)15-14(16-21-7-8-22-16)23-17(24-15)10-5-6-20-13(19)9-10/h1-9H,(H2,19,20)(H,21,22). The van der Waals surface area contributed by atoms with Gasteiger partial charge in [-0.05, 0) is 24.3 Å². The largest absolute Gasteiger partial charge is 0.435 e. The minimum atomic E-state index is 0.393. The van der Waals surface area contributed by atoms with Crippen LogP contribution < -0.4 is 5.73 Å². The topological polar surface area (TPSA) is 93.6 Å². The summed E-state index contributed by atoms with van der Waals surface area (Å²) in [4.78, 5) is 15.9. The number of hydrogen-bond donors (Lipinski definition) is 2. The van der Waals surface area contributed by atoms with Crippen molar-refractivity contribution in [2.75, 3.05) is 5.73 Å². The number of pyridine rings is 1. The molecule has 4 rings (SSSR count). The summed E-state index contributed by atoms with van der Waals surface area (Å²) in [5, 5.41) is 0.572. The van der Waals surface area contributed by atoms with Crippen LogP contribution in [-0.2, 0) is 0 Å². The number of nitrogens with two attached hydrogens (primary N) is 1. The summed E-state index contributed by atoms with van der Waals surface area (Å²) in [5.74, 6) is 1.96. The lowest BCUT2D eigenvalue weighted by atomic mass is 10.1. The zero-order valence-electron chi connectivity index (χ0n) is 12.4. The van der Waals surface area contributed by atoms with E-state index in [1.165, 1.54) is 0 Å². The molecule has 3 aromatic heterocycles. The summed E-state index contributed by atoms with van der Waals surface area (Å²) in [7, 11) is 0. The predicted octanol–water partition coefficient (Wildman–Crippen LogP) is 4.03. The van der Waals surface area contributed by atoms with Crippen LogP contribution in [0.4, 0.5) is 5.82 Å². The lowest BCUT2D eigenvalue weighted by Gasteiger charge is -2.01. The van der Waals surface area contributed by atoms with Crippen LogP contribution in [0.1, 0.15) is 0 Å². The average Bonchev–Trinajstić information content (AvgIpc) is 3.25. The van der Waals surface area contributed by atoms with Gasteiger partial charge in [0.2, 0.25) is 5.89 Å². The molecule has 4 aromatic rings. The molecule has 0 saturated carbocycles. The number of anilines is 1. The number of aromatic amines is 1. The Morgan fingerprint density at radius 1 is 1.08 bits per heavy atom. The van der Waals surface area contributed by atoms with Gasteiger partial charge in [-0.25, -0.2) is 15.0 Å². The maximum absolute atomic E-state index is 6.32. The Bertz CT molecular complexity index is 994. The van der Waals surface area contributed by atoms with Gasteiger partial charge in [0.1, 0.15) is 5.82 Å². The van der Waals surface area contributed by atoms with Crippen molar-refractivity contribution in [1.29, 1.82) is 0 Å². The number of rotatable bonds is 3. The highest BCUT2D eigenvalue weighted by molar-refractivity contribution is 6.33. The zero-order chi connectivity index (χ0) is 16.5. The summed E-state index contributed by atoms with van der Waals surface area (Å²) in [6.45, 7) is 0. The van der Waals surface area contributed by atoms with E-state index in [2.05, 4.69) is 19.9 Å². The molecule has 6 nitrogen and oxygen atoms in total. The number of nitrogens with one attached hydrogen (secondary N) is 1. The lowest BCUT2D eigenvalue weighted by molar-refractivity contribution is 0.589. The number of oxazole rings is 1. The van der Waals surface area contributed by atoms with Crippen LogP contribution in [0.25, 0.3) is 34.3 Å². The van der Waals surface area contributed by atoms with Crippen molar-refractivity contribution in [1.82, 2.24) is 19.9 Å². The second-order valence-corrected chi connectivity index (χ2v) is 5.49. The van der Waals surface area contributed by atoms with Crippen molar-refractivity contribution in [3.8, 4) is 34.3 Å². The van der Waals surface area contributed by atoms with E-state index in [0.717, 1.165) is 11.1 Å². The number of H-pyrrole nitrogens is 1. The summed E-state index contributed by atoms with van der Waals surface area (Å²) in [6.07, 6.45) is 4.99. The number of nitrogen functional groups attached to an aromatic ring is 1. The highest BCUT2D eigenvalue weighted by atomic mass is 35.5.